The Hall–Kier alpha value is -0.860. The van der Waals surface area contributed by atoms with Crippen LogP contribution in [0.1, 0.15) is 30.4 Å². The van der Waals surface area contributed by atoms with E-state index in [1.54, 1.807) is 0 Å². The van der Waals surface area contributed by atoms with Gasteiger partial charge in [0.15, 0.2) is 5.96 Å². The molecular formula is C20H34IN5. The Labute approximate surface area is 175 Å². The molecular weight excluding hydrogens is 437 g/mol. The van der Waals surface area contributed by atoms with Crippen LogP contribution in [0, 0.1) is 5.92 Å². The average molecular weight is 471 g/mol. The number of aliphatic imine (C=N–C) groups is 1. The molecule has 1 saturated heterocycles. The number of halogens is 1. The number of likely N-dealkylation sites (N-methyl/N-ethyl adjacent to an activating group) is 1. The Bertz CT molecular complexity index is 556. The number of guanidine groups is 1. The Morgan fingerprint density at radius 1 is 1.04 bits per heavy atom. The molecule has 2 N–H and O–H groups in total. The van der Waals surface area contributed by atoms with E-state index in [0.717, 1.165) is 31.5 Å². The topological polar surface area (TPSA) is 42.9 Å². The number of nitrogens with zero attached hydrogens (tertiary/aromatic N) is 3. The lowest BCUT2D eigenvalue weighted by Crippen LogP contribution is -2.37. The third kappa shape index (κ3) is 7.40. The van der Waals surface area contributed by atoms with Gasteiger partial charge in [-0.1, -0.05) is 24.3 Å². The van der Waals surface area contributed by atoms with Gasteiger partial charge in [-0.05, 0) is 56.4 Å². The highest BCUT2D eigenvalue weighted by Gasteiger charge is 2.21. The van der Waals surface area contributed by atoms with Crippen LogP contribution in [0.3, 0.4) is 0 Å². The molecule has 26 heavy (non-hydrogen) atoms. The van der Waals surface area contributed by atoms with Gasteiger partial charge in [-0.2, -0.15) is 0 Å². The van der Waals surface area contributed by atoms with Gasteiger partial charge in [0, 0.05) is 39.8 Å². The summed E-state index contributed by atoms with van der Waals surface area (Å²) in [5.41, 5.74) is 2.71. The van der Waals surface area contributed by atoms with E-state index in [9.17, 15) is 0 Å². The summed E-state index contributed by atoms with van der Waals surface area (Å²) >= 11 is 0. The van der Waals surface area contributed by atoms with Gasteiger partial charge in [0.2, 0.25) is 0 Å². The molecule has 146 valence electrons. The smallest absolute Gasteiger partial charge is 0.191 e. The third-order valence-electron chi connectivity index (χ3n) is 5.18. The van der Waals surface area contributed by atoms with Crippen LogP contribution >= 0.6 is 24.0 Å². The van der Waals surface area contributed by atoms with Crippen LogP contribution in [0.4, 0.5) is 0 Å². The highest BCUT2D eigenvalue weighted by atomic mass is 127. The lowest BCUT2D eigenvalue weighted by atomic mass is 10.1. The van der Waals surface area contributed by atoms with Crippen molar-refractivity contribution in [1.29, 1.82) is 0 Å². The first kappa shape index (κ1) is 21.4. The molecule has 0 radical (unpaired) electrons. The molecule has 0 unspecified atom stereocenters. The van der Waals surface area contributed by atoms with E-state index in [-0.39, 0.29) is 24.0 Å². The van der Waals surface area contributed by atoms with Crippen molar-refractivity contribution in [3.63, 3.8) is 0 Å². The van der Waals surface area contributed by atoms with Crippen LogP contribution in [0.25, 0.3) is 0 Å². The average Bonchev–Trinajstić information content (AvgIpc) is 3.46. The van der Waals surface area contributed by atoms with Crippen LogP contribution < -0.4 is 10.6 Å². The molecule has 1 aliphatic carbocycles. The lowest BCUT2D eigenvalue weighted by Gasteiger charge is -2.20. The first-order valence-corrected chi connectivity index (χ1v) is 9.66. The minimum absolute atomic E-state index is 0. The molecule has 1 aliphatic heterocycles. The van der Waals surface area contributed by atoms with Gasteiger partial charge >= 0.3 is 0 Å². The molecule has 5 nitrogen and oxygen atoms in total. The molecule has 3 rings (SSSR count). The van der Waals surface area contributed by atoms with E-state index in [1.165, 1.54) is 56.6 Å². The van der Waals surface area contributed by atoms with Gasteiger partial charge in [-0.25, -0.2) is 0 Å². The molecule has 2 aliphatic rings. The van der Waals surface area contributed by atoms with E-state index in [1.807, 2.05) is 7.05 Å². The normalized spacial score (nSPS) is 19.5. The standard InChI is InChI=1S/C20H33N5.HI/c1-21-20(22-14-17-4-5-17)23-15-18-6-8-19(9-7-18)16-25-11-3-10-24(2)12-13-25;/h6-9,17H,3-5,10-16H2,1-2H3,(H2,21,22,23);1H. The summed E-state index contributed by atoms with van der Waals surface area (Å²) in [4.78, 5) is 9.30. The zero-order valence-electron chi connectivity index (χ0n) is 16.2. The van der Waals surface area contributed by atoms with Crippen LogP contribution in [-0.2, 0) is 13.1 Å². The highest BCUT2D eigenvalue weighted by molar-refractivity contribution is 14.0. The SMILES string of the molecule is CN=C(NCc1ccc(CN2CCCN(C)CC2)cc1)NCC1CC1.I. The second kappa shape index (κ2) is 11.1. The monoisotopic (exact) mass is 471 g/mol. The maximum atomic E-state index is 4.30. The summed E-state index contributed by atoms with van der Waals surface area (Å²) in [7, 11) is 4.06. The van der Waals surface area contributed by atoms with Gasteiger partial charge in [-0.15, -0.1) is 24.0 Å². The highest BCUT2D eigenvalue weighted by Crippen LogP contribution is 2.27. The molecule has 1 heterocycles. The van der Waals surface area contributed by atoms with Crippen molar-refractivity contribution in [2.75, 3.05) is 46.8 Å². The quantitative estimate of drug-likeness (QED) is 0.380. The molecule has 0 amide bonds. The lowest BCUT2D eigenvalue weighted by molar-refractivity contribution is 0.269. The second-order valence-corrected chi connectivity index (χ2v) is 7.50. The van der Waals surface area contributed by atoms with E-state index in [2.05, 4.69) is 56.7 Å². The van der Waals surface area contributed by atoms with Gasteiger partial charge < -0.3 is 15.5 Å². The molecule has 1 saturated carbocycles. The van der Waals surface area contributed by atoms with Crippen molar-refractivity contribution >= 4 is 29.9 Å². The summed E-state index contributed by atoms with van der Waals surface area (Å²) < 4.78 is 0. The number of rotatable bonds is 6. The fourth-order valence-corrected chi connectivity index (χ4v) is 3.25. The van der Waals surface area contributed by atoms with Crippen molar-refractivity contribution < 1.29 is 0 Å². The second-order valence-electron chi connectivity index (χ2n) is 7.50. The van der Waals surface area contributed by atoms with E-state index < -0.39 is 0 Å². The molecule has 1 aromatic carbocycles. The van der Waals surface area contributed by atoms with Crippen molar-refractivity contribution in [3.8, 4) is 0 Å². The van der Waals surface area contributed by atoms with Crippen molar-refractivity contribution in [3.05, 3.63) is 35.4 Å². The predicted octanol–water partition coefficient (Wildman–Crippen LogP) is 2.52. The van der Waals surface area contributed by atoms with Gasteiger partial charge in [0.25, 0.3) is 0 Å². The van der Waals surface area contributed by atoms with Crippen molar-refractivity contribution in [1.82, 2.24) is 20.4 Å². The van der Waals surface area contributed by atoms with Gasteiger partial charge in [0.1, 0.15) is 0 Å². The maximum absolute atomic E-state index is 4.30. The minimum atomic E-state index is 0. The number of hydrogen-bond acceptors (Lipinski definition) is 3. The third-order valence-corrected chi connectivity index (χ3v) is 5.18. The predicted molar refractivity (Wildman–Crippen MR) is 120 cm³/mol. The first-order chi connectivity index (χ1) is 12.2. The van der Waals surface area contributed by atoms with Gasteiger partial charge in [0.05, 0.1) is 0 Å². The fourth-order valence-electron chi connectivity index (χ4n) is 3.25. The molecule has 6 heteroatoms. The van der Waals surface area contributed by atoms with Crippen molar-refractivity contribution in [2.24, 2.45) is 10.9 Å². The van der Waals surface area contributed by atoms with Crippen molar-refractivity contribution in [2.45, 2.75) is 32.4 Å². The number of nitrogens with one attached hydrogen (secondary N) is 2. The maximum Gasteiger partial charge on any atom is 0.191 e. The van der Waals surface area contributed by atoms with E-state index in [0.29, 0.717) is 0 Å². The summed E-state index contributed by atoms with van der Waals surface area (Å²) in [6, 6.07) is 9.01. The largest absolute Gasteiger partial charge is 0.356 e. The van der Waals surface area contributed by atoms with Crippen LogP contribution in [0.5, 0.6) is 0 Å². The van der Waals surface area contributed by atoms with E-state index >= 15 is 0 Å². The summed E-state index contributed by atoms with van der Waals surface area (Å²) in [6.45, 7) is 7.69. The van der Waals surface area contributed by atoms with Crippen LogP contribution in [0.15, 0.2) is 29.3 Å². The fraction of sp³-hybridized carbons (Fsp3) is 0.650. The molecule has 2 fully saturated rings. The van der Waals surface area contributed by atoms with Gasteiger partial charge in [-0.3, -0.25) is 9.89 Å². The summed E-state index contributed by atoms with van der Waals surface area (Å²) in [5, 5.41) is 6.81. The number of benzene rings is 1. The van der Waals surface area contributed by atoms with Crippen LogP contribution in [0.2, 0.25) is 0 Å². The molecule has 0 atom stereocenters. The molecule has 0 aromatic heterocycles. The summed E-state index contributed by atoms with van der Waals surface area (Å²) in [6.07, 6.45) is 3.99. The molecule has 1 aromatic rings. The zero-order valence-corrected chi connectivity index (χ0v) is 18.5. The Morgan fingerprint density at radius 2 is 1.77 bits per heavy atom. The Kier molecular flexibility index (Phi) is 9.15. The summed E-state index contributed by atoms with van der Waals surface area (Å²) in [5.74, 6) is 1.77. The zero-order chi connectivity index (χ0) is 17.5. The Balaban J connectivity index is 0.00000243. The molecule has 0 spiro atoms. The Morgan fingerprint density at radius 3 is 2.46 bits per heavy atom. The number of hydrogen-bond donors (Lipinski definition) is 2. The minimum Gasteiger partial charge on any atom is -0.356 e. The molecule has 0 bridgehead atoms. The first-order valence-electron chi connectivity index (χ1n) is 9.66. The van der Waals surface area contributed by atoms with Crippen LogP contribution in [-0.4, -0.2) is 62.6 Å². The van der Waals surface area contributed by atoms with E-state index in [4.69, 9.17) is 0 Å².